The van der Waals surface area contributed by atoms with E-state index in [2.05, 4.69) is 10.6 Å². The van der Waals surface area contributed by atoms with E-state index in [9.17, 15) is 9.59 Å². The van der Waals surface area contributed by atoms with Crippen molar-refractivity contribution < 1.29 is 19.1 Å². The second-order valence-electron chi connectivity index (χ2n) is 9.42. The molecule has 0 heterocycles. The van der Waals surface area contributed by atoms with Gasteiger partial charge in [0.1, 0.15) is 11.6 Å². The molecule has 2 N–H and O–H groups in total. The first kappa shape index (κ1) is 26.0. The largest absolute Gasteiger partial charge is 0.444 e. The lowest BCUT2D eigenvalue weighted by Crippen LogP contribution is -2.47. The summed E-state index contributed by atoms with van der Waals surface area (Å²) in [5, 5.41) is 5.79. The van der Waals surface area contributed by atoms with E-state index in [4.69, 9.17) is 9.47 Å². The highest BCUT2D eigenvalue weighted by atomic mass is 16.6. The fraction of sp³-hybridized carbons (Fsp3) is 0.310. The summed E-state index contributed by atoms with van der Waals surface area (Å²) in [5.74, 6) is -0.332. The number of hydrogen-bond acceptors (Lipinski definition) is 4. The number of carbonyl (C=O) groups is 2. The molecule has 6 nitrogen and oxygen atoms in total. The van der Waals surface area contributed by atoms with Crippen LogP contribution in [0.4, 0.5) is 4.79 Å². The van der Waals surface area contributed by atoms with Crippen molar-refractivity contribution in [1.82, 2.24) is 10.6 Å². The van der Waals surface area contributed by atoms with Crippen LogP contribution in [0.1, 0.15) is 37.9 Å². The molecule has 184 valence electrons. The third-order valence-corrected chi connectivity index (χ3v) is 5.31. The topological polar surface area (TPSA) is 76.7 Å². The highest BCUT2D eigenvalue weighted by Gasteiger charge is 2.27. The van der Waals surface area contributed by atoms with Crippen LogP contribution in [0.15, 0.2) is 84.9 Å². The van der Waals surface area contributed by atoms with E-state index in [-0.39, 0.29) is 11.9 Å². The van der Waals surface area contributed by atoms with Gasteiger partial charge in [0.25, 0.3) is 0 Å². The Bertz CT molecular complexity index is 1080. The molecule has 0 spiro atoms. The van der Waals surface area contributed by atoms with Crippen molar-refractivity contribution >= 4 is 12.0 Å². The molecule has 6 heteroatoms. The van der Waals surface area contributed by atoms with Crippen LogP contribution < -0.4 is 10.6 Å². The van der Waals surface area contributed by atoms with Gasteiger partial charge in [0.05, 0.1) is 12.6 Å². The Morgan fingerprint density at radius 2 is 1.37 bits per heavy atom. The zero-order valence-corrected chi connectivity index (χ0v) is 20.8. The maximum absolute atomic E-state index is 13.4. The lowest BCUT2D eigenvalue weighted by atomic mass is 9.99. The number of ether oxygens (including phenoxy) is 2. The molecule has 0 saturated heterocycles. The van der Waals surface area contributed by atoms with Gasteiger partial charge < -0.3 is 20.1 Å². The Kier molecular flexibility index (Phi) is 9.04. The minimum absolute atomic E-state index is 0.263. The van der Waals surface area contributed by atoms with Gasteiger partial charge in [-0.05, 0) is 49.4 Å². The first-order valence-corrected chi connectivity index (χ1v) is 11.7. The quantitative estimate of drug-likeness (QED) is 0.442. The fourth-order valence-electron chi connectivity index (χ4n) is 3.76. The van der Waals surface area contributed by atoms with Crippen LogP contribution in [0.2, 0.25) is 0 Å². The zero-order valence-electron chi connectivity index (χ0n) is 20.8. The first-order chi connectivity index (χ1) is 16.7. The first-order valence-electron chi connectivity index (χ1n) is 11.7. The van der Waals surface area contributed by atoms with Gasteiger partial charge in [-0.1, -0.05) is 84.9 Å². The van der Waals surface area contributed by atoms with Crippen LogP contribution in [-0.2, 0) is 20.7 Å². The summed E-state index contributed by atoms with van der Waals surface area (Å²) >= 11 is 0. The molecular formula is C29H34N2O4. The second kappa shape index (κ2) is 12.2. The van der Waals surface area contributed by atoms with Crippen molar-refractivity contribution in [2.75, 3.05) is 13.7 Å². The Balaban J connectivity index is 1.82. The summed E-state index contributed by atoms with van der Waals surface area (Å²) in [5.41, 5.74) is 3.15. The minimum Gasteiger partial charge on any atom is -0.444 e. The third-order valence-electron chi connectivity index (χ3n) is 5.31. The van der Waals surface area contributed by atoms with Crippen molar-refractivity contribution in [3.8, 4) is 11.1 Å². The fourth-order valence-corrected chi connectivity index (χ4v) is 3.76. The maximum atomic E-state index is 13.4. The number of nitrogens with one attached hydrogen (secondary N) is 2. The van der Waals surface area contributed by atoms with E-state index in [1.807, 2.05) is 84.9 Å². The molecule has 2 amide bonds. The smallest absolute Gasteiger partial charge is 0.408 e. The van der Waals surface area contributed by atoms with Crippen molar-refractivity contribution in [2.45, 2.75) is 44.9 Å². The van der Waals surface area contributed by atoms with Crippen LogP contribution >= 0.6 is 0 Å². The highest BCUT2D eigenvalue weighted by Crippen LogP contribution is 2.23. The van der Waals surface area contributed by atoms with Gasteiger partial charge in [-0.15, -0.1) is 0 Å². The van der Waals surface area contributed by atoms with Gasteiger partial charge in [0.2, 0.25) is 5.91 Å². The zero-order chi connectivity index (χ0) is 25.3. The summed E-state index contributed by atoms with van der Waals surface area (Å²) in [6.07, 6.45) is -0.0527. The lowest BCUT2D eigenvalue weighted by molar-refractivity contribution is -0.124. The predicted molar refractivity (Wildman–Crippen MR) is 138 cm³/mol. The highest BCUT2D eigenvalue weighted by molar-refractivity contribution is 5.87. The molecule has 0 aliphatic heterocycles. The molecule has 2 atom stereocenters. The summed E-state index contributed by atoms with van der Waals surface area (Å²) in [6.45, 7) is 5.69. The Morgan fingerprint density at radius 1 is 0.800 bits per heavy atom. The second-order valence-corrected chi connectivity index (χ2v) is 9.42. The standard InChI is InChI=1S/C29H34N2O4/c1-29(2,3)35-28(33)31-26(24-17-15-23(16-18-24)22-13-9-6-10-14-22)27(32)30-25(20-34-4)19-21-11-7-5-8-12-21/h5-18,25-26H,19-20H2,1-4H3,(H,30,32)(H,31,33)/t25-,26-/m0/s1. The van der Waals surface area contributed by atoms with E-state index in [0.29, 0.717) is 18.6 Å². The Hall–Kier alpha value is -3.64. The molecule has 0 unspecified atom stereocenters. The van der Waals surface area contributed by atoms with Crippen LogP contribution in [0, 0.1) is 0 Å². The lowest BCUT2D eigenvalue weighted by Gasteiger charge is -2.26. The van der Waals surface area contributed by atoms with Gasteiger partial charge in [0, 0.05) is 7.11 Å². The van der Waals surface area contributed by atoms with Crippen molar-refractivity contribution in [2.24, 2.45) is 0 Å². The molecule has 0 aliphatic carbocycles. The molecule has 3 rings (SSSR count). The van der Waals surface area contributed by atoms with Crippen LogP contribution in [0.25, 0.3) is 11.1 Å². The molecule has 0 radical (unpaired) electrons. The molecule has 0 saturated carbocycles. The van der Waals surface area contributed by atoms with Crippen molar-refractivity contribution in [3.63, 3.8) is 0 Å². The number of alkyl carbamates (subject to hydrolysis) is 1. The number of rotatable bonds is 9. The average molecular weight is 475 g/mol. The molecule has 35 heavy (non-hydrogen) atoms. The van der Waals surface area contributed by atoms with E-state index in [1.165, 1.54) is 0 Å². The number of benzene rings is 3. The molecule has 0 aliphatic rings. The summed E-state index contributed by atoms with van der Waals surface area (Å²) in [7, 11) is 1.60. The van der Waals surface area contributed by atoms with Gasteiger partial charge in [-0.25, -0.2) is 4.79 Å². The van der Waals surface area contributed by atoms with Gasteiger partial charge in [-0.2, -0.15) is 0 Å². The SMILES string of the molecule is COC[C@H](Cc1ccccc1)NC(=O)[C@@H](NC(=O)OC(C)(C)C)c1ccc(-c2ccccc2)cc1. The predicted octanol–water partition coefficient (Wildman–Crippen LogP) is 5.29. The summed E-state index contributed by atoms with van der Waals surface area (Å²) in [4.78, 5) is 26.0. The Morgan fingerprint density at radius 3 is 1.94 bits per heavy atom. The van der Waals surface area contributed by atoms with E-state index in [0.717, 1.165) is 16.7 Å². The monoisotopic (exact) mass is 474 g/mol. The maximum Gasteiger partial charge on any atom is 0.408 e. The van der Waals surface area contributed by atoms with Crippen LogP contribution in [0.5, 0.6) is 0 Å². The summed E-state index contributed by atoms with van der Waals surface area (Å²) < 4.78 is 10.8. The minimum atomic E-state index is -0.926. The molecular weight excluding hydrogens is 440 g/mol. The molecule has 3 aromatic rings. The molecule has 0 bridgehead atoms. The third kappa shape index (κ3) is 8.26. The number of methoxy groups -OCH3 is 1. The molecule has 0 aromatic heterocycles. The molecule has 0 fully saturated rings. The van der Waals surface area contributed by atoms with Gasteiger partial charge in [0.15, 0.2) is 0 Å². The van der Waals surface area contributed by atoms with E-state index in [1.54, 1.807) is 27.9 Å². The summed E-state index contributed by atoms with van der Waals surface area (Å²) in [6, 6.07) is 26.3. The van der Waals surface area contributed by atoms with Crippen LogP contribution in [0.3, 0.4) is 0 Å². The number of carbonyl (C=O) groups excluding carboxylic acids is 2. The number of hydrogen-bond donors (Lipinski definition) is 2. The Labute approximate surface area is 207 Å². The van der Waals surface area contributed by atoms with E-state index >= 15 is 0 Å². The van der Waals surface area contributed by atoms with Crippen LogP contribution in [-0.4, -0.2) is 37.4 Å². The van der Waals surface area contributed by atoms with E-state index < -0.39 is 17.7 Å². The van der Waals surface area contributed by atoms with Gasteiger partial charge in [-0.3, -0.25) is 4.79 Å². The average Bonchev–Trinajstić information content (AvgIpc) is 2.83. The van der Waals surface area contributed by atoms with Crippen molar-refractivity contribution in [3.05, 3.63) is 96.1 Å². The normalized spacial score (nSPS) is 12.9. The van der Waals surface area contributed by atoms with Crippen molar-refractivity contribution in [1.29, 1.82) is 0 Å². The molecule has 3 aromatic carbocycles. The number of amides is 2. The van der Waals surface area contributed by atoms with Gasteiger partial charge >= 0.3 is 6.09 Å².